The number of amides is 2. The Morgan fingerprint density at radius 1 is 0.700 bits per heavy atom. The van der Waals surface area contributed by atoms with E-state index in [0.29, 0.717) is 5.56 Å². The van der Waals surface area contributed by atoms with Gasteiger partial charge in [-0.2, -0.15) is 0 Å². The van der Waals surface area contributed by atoms with Crippen LogP contribution in [0.15, 0.2) is 110 Å². The highest BCUT2D eigenvalue weighted by Crippen LogP contribution is 2.26. The molecule has 7 rings (SSSR count). The molecule has 2 amide bonds. The number of pyridine rings is 3. The first-order valence-corrected chi connectivity index (χ1v) is 17.5. The number of hydrogen-bond donors (Lipinski definition) is 2. The van der Waals surface area contributed by atoms with Crippen molar-refractivity contribution in [2.45, 2.75) is 51.2 Å². The lowest BCUT2D eigenvalue weighted by molar-refractivity contribution is 0.0905. The molecule has 0 unspecified atom stereocenters. The van der Waals surface area contributed by atoms with Gasteiger partial charge in [-0.1, -0.05) is 42.5 Å². The van der Waals surface area contributed by atoms with Crippen LogP contribution in [0.5, 0.6) is 0 Å². The van der Waals surface area contributed by atoms with Gasteiger partial charge >= 0.3 is 0 Å². The SMILES string of the molecule is Cc1c(C(=O)NC2CCN(Cc3ccc(N4CCC(NC(=O)c5cccc(-c6cccnc6)c5)CC4)nc3)CC2)cccc1-c1cccnc1. The molecule has 2 N–H and O–H groups in total. The van der Waals surface area contributed by atoms with E-state index in [4.69, 9.17) is 4.98 Å². The summed E-state index contributed by atoms with van der Waals surface area (Å²) in [6.07, 6.45) is 12.7. The number of carbonyl (C=O) groups is 2. The Morgan fingerprint density at radius 2 is 1.36 bits per heavy atom. The maximum absolute atomic E-state index is 13.3. The third kappa shape index (κ3) is 7.90. The van der Waals surface area contributed by atoms with Crippen molar-refractivity contribution < 1.29 is 9.59 Å². The van der Waals surface area contributed by atoms with Crippen LogP contribution in [0.1, 0.15) is 57.5 Å². The molecule has 0 radical (unpaired) electrons. The van der Waals surface area contributed by atoms with E-state index in [1.54, 1.807) is 12.4 Å². The zero-order chi connectivity index (χ0) is 34.3. The van der Waals surface area contributed by atoms with Crippen LogP contribution in [0.25, 0.3) is 22.3 Å². The van der Waals surface area contributed by atoms with Gasteiger partial charge in [0.05, 0.1) is 0 Å². The van der Waals surface area contributed by atoms with Crippen LogP contribution in [0.2, 0.25) is 0 Å². The molecule has 5 heterocycles. The summed E-state index contributed by atoms with van der Waals surface area (Å²) in [6.45, 7) is 6.39. The fraction of sp³-hybridized carbons (Fsp3) is 0.293. The standard InChI is InChI=1S/C41H43N7O2/c1-29-37(34-9-5-19-43-27-34)10-3-11-38(29)41(50)46-35-14-20-47(21-15-35)28-30-12-13-39(44-25-30)48-22-16-36(17-23-48)45-40(49)32-7-2-6-31(24-32)33-8-4-18-42-26-33/h2-13,18-19,24-27,35-36H,14-17,20-23,28H2,1H3,(H,45,49)(H,46,50). The highest BCUT2D eigenvalue weighted by Gasteiger charge is 2.24. The van der Waals surface area contributed by atoms with Crippen molar-refractivity contribution in [3.05, 3.63) is 132 Å². The van der Waals surface area contributed by atoms with E-state index in [9.17, 15) is 9.59 Å². The molecule has 0 atom stereocenters. The molecule has 2 aromatic carbocycles. The van der Waals surface area contributed by atoms with E-state index in [-0.39, 0.29) is 23.9 Å². The molecule has 0 bridgehead atoms. The lowest BCUT2D eigenvalue weighted by atomic mass is 9.96. The molecule has 2 saturated heterocycles. The zero-order valence-electron chi connectivity index (χ0n) is 28.5. The van der Waals surface area contributed by atoms with Gasteiger partial charge in [0, 0.05) is 98.0 Å². The molecule has 0 aliphatic carbocycles. The van der Waals surface area contributed by atoms with Gasteiger partial charge in [0.2, 0.25) is 0 Å². The van der Waals surface area contributed by atoms with Gasteiger partial charge in [0.25, 0.3) is 11.8 Å². The van der Waals surface area contributed by atoms with Gasteiger partial charge in [-0.15, -0.1) is 0 Å². The minimum absolute atomic E-state index is 0.00975. The molecule has 9 heteroatoms. The Morgan fingerprint density at radius 3 is 2.04 bits per heavy atom. The largest absolute Gasteiger partial charge is 0.356 e. The molecule has 3 aromatic heterocycles. The molecule has 2 aliphatic rings. The Labute approximate surface area is 293 Å². The molecule has 0 saturated carbocycles. The predicted octanol–water partition coefficient (Wildman–Crippen LogP) is 6.31. The van der Waals surface area contributed by atoms with Crippen LogP contribution in [-0.2, 0) is 6.54 Å². The fourth-order valence-electron chi connectivity index (χ4n) is 7.07. The van der Waals surface area contributed by atoms with Crippen LogP contribution >= 0.6 is 0 Å². The monoisotopic (exact) mass is 665 g/mol. The number of anilines is 1. The van der Waals surface area contributed by atoms with E-state index >= 15 is 0 Å². The molecule has 5 aromatic rings. The van der Waals surface area contributed by atoms with Crippen molar-refractivity contribution in [1.29, 1.82) is 0 Å². The fourth-order valence-corrected chi connectivity index (χ4v) is 7.07. The number of piperidine rings is 2. The van der Waals surface area contributed by atoms with Crippen molar-refractivity contribution in [1.82, 2.24) is 30.5 Å². The molecular weight excluding hydrogens is 622 g/mol. The Hall–Kier alpha value is -5.41. The quantitative estimate of drug-likeness (QED) is 0.190. The van der Waals surface area contributed by atoms with Crippen molar-refractivity contribution in [2.24, 2.45) is 0 Å². The summed E-state index contributed by atoms with van der Waals surface area (Å²) < 4.78 is 0. The molecule has 9 nitrogen and oxygen atoms in total. The number of likely N-dealkylation sites (tertiary alicyclic amines) is 1. The number of aromatic nitrogens is 3. The van der Waals surface area contributed by atoms with Crippen LogP contribution in [0, 0.1) is 6.92 Å². The van der Waals surface area contributed by atoms with Crippen LogP contribution in [0.3, 0.4) is 0 Å². The smallest absolute Gasteiger partial charge is 0.251 e. The van der Waals surface area contributed by atoms with Crippen molar-refractivity contribution in [2.75, 3.05) is 31.1 Å². The first kappa shape index (κ1) is 33.1. The predicted molar refractivity (Wildman–Crippen MR) is 197 cm³/mol. The summed E-state index contributed by atoms with van der Waals surface area (Å²) in [5.41, 5.74) is 7.58. The van der Waals surface area contributed by atoms with Crippen molar-refractivity contribution >= 4 is 17.6 Å². The first-order valence-electron chi connectivity index (χ1n) is 17.5. The van der Waals surface area contributed by atoms with Gasteiger partial charge in [0.1, 0.15) is 5.82 Å². The Bertz CT molecular complexity index is 1900. The van der Waals surface area contributed by atoms with E-state index in [0.717, 1.165) is 97.6 Å². The average molecular weight is 666 g/mol. The summed E-state index contributed by atoms with van der Waals surface area (Å²) >= 11 is 0. The maximum Gasteiger partial charge on any atom is 0.251 e. The van der Waals surface area contributed by atoms with E-state index in [1.807, 2.05) is 92.2 Å². The van der Waals surface area contributed by atoms with Gasteiger partial charge in [-0.3, -0.25) is 24.5 Å². The molecule has 50 heavy (non-hydrogen) atoms. The number of nitrogens with one attached hydrogen (secondary N) is 2. The number of nitrogens with zero attached hydrogens (tertiary/aromatic N) is 5. The minimum atomic E-state index is -0.0373. The lowest BCUT2D eigenvalue weighted by Gasteiger charge is -2.34. The van der Waals surface area contributed by atoms with Gasteiger partial charge < -0.3 is 15.5 Å². The summed E-state index contributed by atoms with van der Waals surface area (Å²) in [4.78, 5) is 44.3. The molecule has 2 aliphatic heterocycles. The summed E-state index contributed by atoms with van der Waals surface area (Å²) in [5.74, 6) is 0.932. The van der Waals surface area contributed by atoms with Crippen molar-refractivity contribution in [3.63, 3.8) is 0 Å². The third-order valence-corrected chi connectivity index (χ3v) is 9.96. The van der Waals surface area contributed by atoms with Crippen molar-refractivity contribution in [3.8, 4) is 22.3 Å². The topological polar surface area (TPSA) is 103 Å². The molecular formula is C41H43N7O2. The second-order valence-electron chi connectivity index (χ2n) is 13.3. The van der Waals surface area contributed by atoms with Crippen LogP contribution in [-0.4, -0.2) is 69.9 Å². The van der Waals surface area contributed by atoms with E-state index in [1.165, 1.54) is 5.56 Å². The van der Waals surface area contributed by atoms with Gasteiger partial charge in [-0.05, 0) is 91.3 Å². The average Bonchev–Trinajstić information content (AvgIpc) is 3.17. The second-order valence-corrected chi connectivity index (χ2v) is 13.3. The molecule has 254 valence electrons. The third-order valence-electron chi connectivity index (χ3n) is 9.96. The van der Waals surface area contributed by atoms with Crippen LogP contribution < -0.4 is 15.5 Å². The van der Waals surface area contributed by atoms with E-state index in [2.05, 4.69) is 42.5 Å². The highest BCUT2D eigenvalue weighted by molar-refractivity contribution is 5.97. The summed E-state index contributed by atoms with van der Waals surface area (Å²) in [7, 11) is 0. The summed E-state index contributed by atoms with van der Waals surface area (Å²) in [6, 6.07) is 26.0. The molecule has 2 fully saturated rings. The number of benzene rings is 2. The van der Waals surface area contributed by atoms with Gasteiger partial charge in [-0.25, -0.2) is 4.98 Å². The first-order chi connectivity index (χ1) is 24.5. The van der Waals surface area contributed by atoms with Crippen LogP contribution in [0.4, 0.5) is 5.82 Å². The van der Waals surface area contributed by atoms with Gasteiger partial charge in [0.15, 0.2) is 0 Å². The second kappa shape index (κ2) is 15.4. The van der Waals surface area contributed by atoms with E-state index < -0.39 is 0 Å². The molecule has 0 spiro atoms. The minimum Gasteiger partial charge on any atom is -0.356 e. The lowest BCUT2D eigenvalue weighted by Crippen LogP contribution is -2.45. The highest BCUT2D eigenvalue weighted by atomic mass is 16.2. The Balaban J connectivity index is 0.851. The number of carbonyl (C=O) groups excluding carboxylic acids is 2. The number of rotatable bonds is 9. The zero-order valence-corrected chi connectivity index (χ0v) is 28.5. The maximum atomic E-state index is 13.3. The number of hydrogen-bond acceptors (Lipinski definition) is 7. The summed E-state index contributed by atoms with van der Waals surface area (Å²) in [5, 5.41) is 6.53. The Kier molecular flexibility index (Phi) is 10.2. The normalized spacial score (nSPS) is 15.8.